The third kappa shape index (κ3) is 4.36. The molecule has 0 aliphatic rings. The lowest BCUT2D eigenvalue weighted by Gasteiger charge is -2.14. The average Bonchev–Trinajstić information content (AvgIpc) is 2.37. The Morgan fingerprint density at radius 2 is 2.16 bits per heavy atom. The Balaban J connectivity index is 0.00000324. The van der Waals surface area contributed by atoms with Gasteiger partial charge in [0.1, 0.15) is 10.6 Å². The molecular weight excluding hydrogens is 290 g/mol. The molecule has 0 saturated heterocycles. The van der Waals surface area contributed by atoms with Crippen molar-refractivity contribution in [3.63, 3.8) is 0 Å². The minimum atomic E-state index is -3.70. The Morgan fingerprint density at radius 3 is 2.63 bits per heavy atom. The van der Waals surface area contributed by atoms with Crippen molar-refractivity contribution in [2.45, 2.75) is 17.9 Å². The molecule has 6 nitrogen and oxygen atoms in total. The van der Waals surface area contributed by atoms with Crippen LogP contribution in [0.3, 0.4) is 0 Å². The van der Waals surface area contributed by atoms with Crippen molar-refractivity contribution in [2.75, 3.05) is 13.7 Å². The van der Waals surface area contributed by atoms with Gasteiger partial charge in [0.25, 0.3) is 0 Å². The zero-order valence-corrected chi connectivity index (χ0v) is 12.2. The Hall–Kier alpha value is -1.33. The summed E-state index contributed by atoms with van der Waals surface area (Å²) in [5, 5.41) is 8.75. The topological polar surface area (TPSA) is 105 Å². The summed E-state index contributed by atoms with van der Waals surface area (Å²) in [6.45, 7) is 1.85. The lowest BCUT2D eigenvalue weighted by molar-refractivity contribution is 0.402. The van der Waals surface area contributed by atoms with E-state index in [1.54, 1.807) is 6.92 Å². The number of methoxy groups -OCH3 is 1. The highest BCUT2D eigenvalue weighted by atomic mass is 35.5. The van der Waals surface area contributed by atoms with Crippen molar-refractivity contribution in [1.29, 1.82) is 5.26 Å². The van der Waals surface area contributed by atoms with Gasteiger partial charge in [0, 0.05) is 12.6 Å². The van der Waals surface area contributed by atoms with E-state index in [-0.39, 0.29) is 35.6 Å². The maximum Gasteiger partial charge on any atom is 0.244 e. The van der Waals surface area contributed by atoms with Gasteiger partial charge in [-0.1, -0.05) is 0 Å². The van der Waals surface area contributed by atoms with E-state index >= 15 is 0 Å². The largest absolute Gasteiger partial charge is 0.495 e. The first-order valence-corrected chi connectivity index (χ1v) is 6.73. The number of hydrogen-bond acceptors (Lipinski definition) is 5. The number of nitrogens with two attached hydrogens (primary N) is 1. The van der Waals surface area contributed by atoms with Gasteiger partial charge >= 0.3 is 0 Å². The van der Waals surface area contributed by atoms with Crippen LogP contribution >= 0.6 is 12.4 Å². The van der Waals surface area contributed by atoms with E-state index in [0.29, 0.717) is 5.56 Å². The molecule has 1 aromatic carbocycles. The van der Waals surface area contributed by atoms with Crippen LogP contribution in [0.25, 0.3) is 0 Å². The molecule has 1 atom stereocenters. The highest BCUT2D eigenvalue weighted by Crippen LogP contribution is 2.24. The Morgan fingerprint density at radius 1 is 1.53 bits per heavy atom. The Kier molecular flexibility index (Phi) is 6.79. The third-order valence-corrected chi connectivity index (χ3v) is 3.92. The molecule has 1 aromatic rings. The van der Waals surface area contributed by atoms with Gasteiger partial charge < -0.3 is 10.5 Å². The first-order chi connectivity index (χ1) is 8.44. The summed E-state index contributed by atoms with van der Waals surface area (Å²) in [5.41, 5.74) is 5.70. The number of nitrogens with one attached hydrogen (secondary N) is 1. The molecule has 0 bridgehead atoms. The molecule has 106 valence electrons. The van der Waals surface area contributed by atoms with Crippen LogP contribution in [0.1, 0.15) is 12.5 Å². The molecule has 0 saturated carbocycles. The molecule has 0 spiro atoms. The van der Waals surface area contributed by atoms with Gasteiger partial charge in [0.2, 0.25) is 10.0 Å². The number of ether oxygens (including phenoxy) is 1. The molecule has 0 heterocycles. The van der Waals surface area contributed by atoms with Crippen molar-refractivity contribution in [1.82, 2.24) is 4.72 Å². The maximum atomic E-state index is 12.1. The monoisotopic (exact) mass is 305 g/mol. The highest BCUT2D eigenvalue weighted by Gasteiger charge is 2.21. The smallest absolute Gasteiger partial charge is 0.244 e. The zero-order valence-electron chi connectivity index (χ0n) is 10.6. The standard InChI is InChI=1S/C11H15N3O3S.ClH/c1-8(6-12)14-18(15,16)11-4-3-9(7-13)5-10(11)17-2;/h3-5,8,14H,6,12H2,1-2H3;1H/t8-;/m0./s1. The predicted molar refractivity (Wildman–Crippen MR) is 73.8 cm³/mol. The summed E-state index contributed by atoms with van der Waals surface area (Å²) in [5.74, 6) is 0.130. The van der Waals surface area contributed by atoms with Crippen LogP contribution in [-0.4, -0.2) is 28.1 Å². The number of benzene rings is 1. The first kappa shape index (κ1) is 17.7. The zero-order chi connectivity index (χ0) is 13.8. The first-order valence-electron chi connectivity index (χ1n) is 5.25. The molecular formula is C11H16ClN3O3S. The average molecular weight is 306 g/mol. The van der Waals surface area contributed by atoms with Gasteiger partial charge in [0.15, 0.2) is 0 Å². The molecule has 0 aliphatic heterocycles. The summed E-state index contributed by atoms with van der Waals surface area (Å²) in [6, 6.07) is 5.67. The Labute approximate surface area is 119 Å². The fourth-order valence-corrected chi connectivity index (χ4v) is 2.74. The summed E-state index contributed by atoms with van der Waals surface area (Å²) < 4.78 is 31.5. The molecule has 0 aliphatic carbocycles. The molecule has 8 heteroatoms. The van der Waals surface area contributed by atoms with E-state index in [1.807, 2.05) is 6.07 Å². The van der Waals surface area contributed by atoms with Crippen LogP contribution in [0.15, 0.2) is 23.1 Å². The molecule has 0 amide bonds. The van der Waals surface area contributed by atoms with Crippen LogP contribution < -0.4 is 15.2 Å². The van der Waals surface area contributed by atoms with Crippen LogP contribution in [0.4, 0.5) is 0 Å². The van der Waals surface area contributed by atoms with Crippen LogP contribution in [0.2, 0.25) is 0 Å². The van der Waals surface area contributed by atoms with Gasteiger partial charge in [0.05, 0.1) is 18.7 Å². The van der Waals surface area contributed by atoms with Crippen molar-refractivity contribution in [3.8, 4) is 11.8 Å². The SMILES string of the molecule is COc1cc(C#N)ccc1S(=O)(=O)N[C@@H](C)CN.Cl. The molecule has 0 aromatic heterocycles. The summed E-state index contributed by atoms with van der Waals surface area (Å²) in [4.78, 5) is -0.00991. The maximum absolute atomic E-state index is 12.1. The van der Waals surface area contributed by atoms with E-state index in [0.717, 1.165) is 0 Å². The summed E-state index contributed by atoms with van der Waals surface area (Å²) in [6.07, 6.45) is 0. The number of rotatable bonds is 5. The minimum Gasteiger partial charge on any atom is -0.495 e. The van der Waals surface area contributed by atoms with Gasteiger partial charge in [-0.05, 0) is 25.1 Å². The quantitative estimate of drug-likeness (QED) is 0.829. The highest BCUT2D eigenvalue weighted by molar-refractivity contribution is 7.89. The Bertz CT molecular complexity index is 569. The van der Waals surface area contributed by atoms with Gasteiger partial charge in [-0.3, -0.25) is 0 Å². The van der Waals surface area contributed by atoms with E-state index < -0.39 is 10.0 Å². The lowest BCUT2D eigenvalue weighted by Crippen LogP contribution is -2.37. The summed E-state index contributed by atoms with van der Waals surface area (Å²) in [7, 11) is -2.35. The van der Waals surface area contributed by atoms with E-state index in [9.17, 15) is 8.42 Å². The predicted octanol–water partition coefficient (Wildman–Crippen LogP) is 0.614. The van der Waals surface area contributed by atoms with Crippen LogP contribution in [-0.2, 0) is 10.0 Å². The number of nitrogens with zero attached hydrogens (tertiary/aromatic N) is 1. The van der Waals surface area contributed by atoms with Crippen molar-refractivity contribution in [3.05, 3.63) is 23.8 Å². The van der Waals surface area contributed by atoms with Crippen molar-refractivity contribution >= 4 is 22.4 Å². The fraction of sp³-hybridized carbons (Fsp3) is 0.364. The molecule has 1 rings (SSSR count). The third-order valence-electron chi connectivity index (χ3n) is 2.29. The minimum absolute atomic E-state index is 0. The molecule has 3 N–H and O–H groups in total. The van der Waals surface area contributed by atoms with Crippen molar-refractivity contribution in [2.24, 2.45) is 5.73 Å². The normalized spacial score (nSPS) is 12.1. The van der Waals surface area contributed by atoms with Crippen LogP contribution in [0.5, 0.6) is 5.75 Å². The number of sulfonamides is 1. The van der Waals surface area contributed by atoms with E-state index in [4.69, 9.17) is 15.7 Å². The van der Waals surface area contributed by atoms with Crippen LogP contribution in [0, 0.1) is 11.3 Å². The molecule has 0 unspecified atom stereocenters. The second-order valence-corrected chi connectivity index (χ2v) is 5.42. The van der Waals surface area contributed by atoms with Gasteiger partial charge in [-0.2, -0.15) is 5.26 Å². The fourth-order valence-electron chi connectivity index (χ4n) is 1.34. The second kappa shape index (κ2) is 7.31. The number of halogens is 1. The van der Waals surface area contributed by atoms with Crippen molar-refractivity contribution < 1.29 is 13.2 Å². The number of nitriles is 1. The number of hydrogen-bond donors (Lipinski definition) is 2. The molecule has 0 radical (unpaired) electrons. The molecule has 19 heavy (non-hydrogen) atoms. The van der Waals surface area contributed by atoms with E-state index in [2.05, 4.69) is 4.72 Å². The lowest BCUT2D eigenvalue weighted by atomic mass is 10.2. The summed E-state index contributed by atoms with van der Waals surface area (Å²) >= 11 is 0. The molecule has 0 fully saturated rings. The second-order valence-electron chi connectivity index (χ2n) is 3.74. The van der Waals surface area contributed by atoms with Gasteiger partial charge in [-0.25, -0.2) is 13.1 Å². The van der Waals surface area contributed by atoms with E-state index in [1.165, 1.54) is 25.3 Å². The van der Waals surface area contributed by atoms with Gasteiger partial charge in [-0.15, -0.1) is 12.4 Å².